The standard InChI is InChI=1S/C26H31N5O2/c1-3-12-30-13-14-31(26(33)24-17-28-19-29(24)4-2)18-23(25(30)32)15-20-7-9-21(10-8-20)22-6-5-11-27-16-22/h5-11,16-17,19,23H,3-4,12-15,18H2,1-2H3/t23-/m1/s1. The van der Waals surface area contributed by atoms with Crippen LogP contribution in [0, 0.1) is 5.92 Å². The zero-order chi connectivity index (χ0) is 23.2. The molecule has 33 heavy (non-hydrogen) atoms. The number of hydrogen-bond donors (Lipinski definition) is 0. The second kappa shape index (κ2) is 10.4. The van der Waals surface area contributed by atoms with E-state index in [2.05, 4.69) is 41.2 Å². The summed E-state index contributed by atoms with van der Waals surface area (Å²) in [5.74, 6) is -0.199. The topological polar surface area (TPSA) is 71.3 Å². The lowest BCUT2D eigenvalue weighted by Gasteiger charge is -2.24. The lowest BCUT2D eigenvalue weighted by Crippen LogP contribution is -2.38. The Morgan fingerprint density at radius 2 is 1.85 bits per heavy atom. The molecule has 1 atom stereocenters. The summed E-state index contributed by atoms with van der Waals surface area (Å²) in [6.07, 6.45) is 8.41. The summed E-state index contributed by atoms with van der Waals surface area (Å²) in [7, 11) is 0. The molecule has 1 aliphatic heterocycles. The van der Waals surface area contributed by atoms with Gasteiger partial charge in [0.15, 0.2) is 0 Å². The van der Waals surface area contributed by atoms with Crippen molar-refractivity contribution in [3.05, 3.63) is 72.6 Å². The van der Waals surface area contributed by atoms with E-state index in [0.717, 1.165) is 23.1 Å². The Bertz CT molecular complexity index is 1080. The van der Waals surface area contributed by atoms with Crippen LogP contribution in [0.15, 0.2) is 61.3 Å². The van der Waals surface area contributed by atoms with Gasteiger partial charge in [0, 0.05) is 45.1 Å². The van der Waals surface area contributed by atoms with Crippen LogP contribution in [0.3, 0.4) is 0 Å². The van der Waals surface area contributed by atoms with E-state index >= 15 is 0 Å². The van der Waals surface area contributed by atoms with Crippen LogP contribution in [0.4, 0.5) is 0 Å². The van der Waals surface area contributed by atoms with Crippen molar-refractivity contribution in [3.63, 3.8) is 0 Å². The molecule has 1 saturated heterocycles. The number of pyridine rings is 1. The first kappa shape index (κ1) is 22.7. The molecule has 7 nitrogen and oxygen atoms in total. The Morgan fingerprint density at radius 3 is 2.55 bits per heavy atom. The highest BCUT2D eigenvalue weighted by molar-refractivity contribution is 5.93. The monoisotopic (exact) mass is 445 g/mol. The first-order chi connectivity index (χ1) is 16.1. The van der Waals surface area contributed by atoms with Gasteiger partial charge in [0.1, 0.15) is 5.69 Å². The zero-order valence-corrected chi connectivity index (χ0v) is 19.4. The normalized spacial score (nSPS) is 16.7. The molecule has 2 amide bonds. The van der Waals surface area contributed by atoms with Crippen molar-refractivity contribution in [2.45, 2.75) is 33.2 Å². The molecule has 1 fully saturated rings. The molecular formula is C26H31N5O2. The number of benzene rings is 1. The van der Waals surface area contributed by atoms with E-state index < -0.39 is 0 Å². The fourth-order valence-electron chi connectivity index (χ4n) is 4.44. The van der Waals surface area contributed by atoms with Gasteiger partial charge in [-0.15, -0.1) is 0 Å². The van der Waals surface area contributed by atoms with Crippen LogP contribution in [0.25, 0.3) is 11.1 Å². The third kappa shape index (κ3) is 5.13. The van der Waals surface area contributed by atoms with Crippen LogP contribution < -0.4 is 0 Å². The molecule has 0 unspecified atom stereocenters. The highest BCUT2D eigenvalue weighted by Gasteiger charge is 2.33. The van der Waals surface area contributed by atoms with E-state index in [1.807, 2.05) is 39.6 Å². The maximum atomic E-state index is 13.4. The lowest BCUT2D eigenvalue weighted by molar-refractivity contribution is -0.134. The van der Waals surface area contributed by atoms with Gasteiger partial charge in [0.25, 0.3) is 5.91 Å². The van der Waals surface area contributed by atoms with Gasteiger partial charge in [-0.25, -0.2) is 4.98 Å². The SMILES string of the molecule is CCCN1CCN(C(=O)c2cncn2CC)C[C@@H](Cc2ccc(-c3cccnc3)cc2)C1=O. The molecular weight excluding hydrogens is 414 g/mol. The summed E-state index contributed by atoms with van der Waals surface area (Å²) < 4.78 is 1.85. The Morgan fingerprint density at radius 1 is 1.03 bits per heavy atom. The molecule has 0 N–H and O–H groups in total. The highest BCUT2D eigenvalue weighted by atomic mass is 16.2. The minimum absolute atomic E-state index is 0.0579. The molecule has 172 valence electrons. The number of hydrogen-bond acceptors (Lipinski definition) is 4. The summed E-state index contributed by atoms with van der Waals surface area (Å²) in [5, 5.41) is 0. The molecule has 3 heterocycles. The molecule has 1 aliphatic rings. The third-order valence-corrected chi connectivity index (χ3v) is 6.23. The fraction of sp³-hybridized carbons (Fsp3) is 0.385. The number of nitrogens with zero attached hydrogens (tertiary/aromatic N) is 5. The van der Waals surface area contributed by atoms with E-state index in [1.165, 1.54) is 0 Å². The molecule has 1 aromatic carbocycles. The Labute approximate surface area is 195 Å². The fourth-order valence-corrected chi connectivity index (χ4v) is 4.44. The van der Waals surface area contributed by atoms with Gasteiger partial charge in [-0.3, -0.25) is 14.6 Å². The number of carbonyl (C=O) groups is 2. The maximum absolute atomic E-state index is 13.4. The molecule has 2 aromatic heterocycles. The summed E-state index contributed by atoms with van der Waals surface area (Å²) in [5.41, 5.74) is 3.82. The predicted octanol–water partition coefficient (Wildman–Crippen LogP) is 3.52. The lowest BCUT2D eigenvalue weighted by atomic mass is 9.96. The smallest absolute Gasteiger partial charge is 0.272 e. The minimum Gasteiger partial charge on any atom is -0.341 e. The van der Waals surface area contributed by atoms with Gasteiger partial charge < -0.3 is 14.4 Å². The summed E-state index contributed by atoms with van der Waals surface area (Å²) in [6.45, 7) is 6.98. The van der Waals surface area contributed by atoms with Crippen LogP contribution in [-0.4, -0.2) is 62.3 Å². The van der Waals surface area contributed by atoms with Gasteiger partial charge in [-0.05, 0) is 42.5 Å². The Balaban J connectivity index is 1.54. The van der Waals surface area contributed by atoms with E-state index in [9.17, 15) is 9.59 Å². The summed E-state index contributed by atoms with van der Waals surface area (Å²) in [4.78, 5) is 38.7. The molecule has 0 radical (unpaired) electrons. The van der Waals surface area contributed by atoms with E-state index in [4.69, 9.17) is 0 Å². The number of carbonyl (C=O) groups excluding carboxylic acids is 2. The quantitative estimate of drug-likeness (QED) is 0.558. The van der Waals surface area contributed by atoms with E-state index in [0.29, 0.717) is 44.8 Å². The van der Waals surface area contributed by atoms with Crippen molar-refractivity contribution < 1.29 is 9.59 Å². The van der Waals surface area contributed by atoms with Crippen molar-refractivity contribution in [2.75, 3.05) is 26.2 Å². The van der Waals surface area contributed by atoms with Crippen LogP contribution in [0.1, 0.15) is 36.3 Å². The number of amides is 2. The third-order valence-electron chi connectivity index (χ3n) is 6.23. The number of imidazole rings is 1. The van der Waals surface area contributed by atoms with Crippen molar-refractivity contribution in [1.29, 1.82) is 0 Å². The Kier molecular flexibility index (Phi) is 7.17. The largest absolute Gasteiger partial charge is 0.341 e. The average molecular weight is 446 g/mol. The summed E-state index contributed by atoms with van der Waals surface area (Å²) >= 11 is 0. The molecule has 0 spiro atoms. The van der Waals surface area contributed by atoms with E-state index in [-0.39, 0.29) is 17.7 Å². The Hall–Kier alpha value is -3.48. The first-order valence-corrected chi connectivity index (χ1v) is 11.7. The molecule has 4 rings (SSSR count). The summed E-state index contributed by atoms with van der Waals surface area (Å²) in [6, 6.07) is 12.2. The van der Waals surface area contributed by atoms with E-state index in [1.54, 1.807) is 18.7 Å². The highest BCUT2D eigenvalue weighted by Crippen LogP contribution is 2.22. The predicted molar refractivity (Wildman–Crippen MR) is 128 cm³/mol. The molecule has 3 aromatic rings. The van der Waals surface area contributed by atoms with Gasteiger partial charge >= 0.3 is 0 Å². The molecule has 0 bridgehead atoms. The maximum Gasteiger partial charge on any atom is 0.272 e. The van der Waals surface area contributed by atoms with Crippen LogP contribution in [-0.2, 0) is 17.8 Å². The van der Waals surface area contributed by atoms with Gasteiger partial charge in [0.2, 0.25) is 5.91 Å². The van der Waals surface area contributed by atoms with Crippen molar-refractivity contribution in [3.8, 4) is 11.1 Å². The van der Waals surface area contributed by atoms with Crippen LogP contribution >= 0.6 is 0 Å². The second-order valence-corrected chi connectivity index (χ2v) is 8.48. The average Bonchev–Trinajstić information content (AvgIpc) is 3.28. The first-order valence-electron chi connectivity index (χ1n) is 11.7. The second-order valence-electron chi connectivity index (χ2n) is 8.48. The van der Waals surface area contributed by atoms with Gasteiger partial charge in [-0.1, -0.05) is 37.3 Å². The van der Waals surface area contributed by atoms with Crippen molar-refractivity contribution in [1.82, 2.24) is 24.3 Å². The molecule has 0 saturated carbocycles. The zero-order valence-electron chi connectivity index (χ0n) is 19.4. The minimum atomic E-state index is -0.273. The molecule has 7 heteroatoms. The number of aromatic nitrogens is 3. The van der Waals surface area contributed by atoms with Crippen LogP contribution in [0.2, 0.25) is 0 Å². The van der Waals surface area contributed by atoms with Crippen LogP contribution in [0.5, 0.6) is 0 Å². The number of rotatable bonds is 7. The van der Waals surface area contributed by atoms with Crippen molar-refractivity contribution in [2.24, 2.45) is 5.92 Å². The number of aryl methyl sites for hydroxylation is 1. The van der Waals surface area contributed by atoms with Gasteiger partial charge in [-0.2, -0.15) is 0 Å². The van der Waals surface area contributed by atoms with Gasteiger partial charge in [0.05, 0.1) is 18.4 Å². The molecule has 0 aliphatic carbocycles. The van der Waals surface area contributed by atoms with Crippen molar-refractivity contribution >= 4 is 11.8 Å².